The highest BCUT2D eigenvalue weighted by molar-refractivity contribution is 9.10. The summed E-state index contributed by atoms with van der Waals surface area (Å²) in [5.41, 5.74) is 3.28. The largest absolute Gasteiger partial charge is 0.309 e. The van der Waals surface area contributed by atoms with Crippen molar-refractivity contribution in [3.63, 3.8) is 0 Å². The van der Waals surface area contributed by atoms with E-state index >= 15 is 0 Å². The molecule has 21 heavy (non-hydrogen) atoms. The van der Waals surface area contributed by atoms with Gasteiger partial charge in [-0.15, -0.1) is 0 Å². The van der Waals surface area contributed by atoms with Gasteiger partial charge in [-0.2, -0.15) is 0 Å². The van der Waals surface area contributed by atoms with Crippen LogP contribution in [-0.2, 0) is 0 Å². The summed E-state index contributed by atoms with van der Waals surface area (Å²) >= 11 is 9.55. The van der Waals surface area contributed by atoms with Crippen LogP contribution < -0.4 is 5.32 Å². The second kappa shape index (κ2) is 6.14. The molecule has 1 heterocycles. The summed E-state index contributed by atoms with van der Waals surface area (Å²) in [6.45, 7) is 0. The predicted molar refractivity (Wildman–Crippen MR) is 91.8 cm³/mol. The van der Waals surface area contributed by atoms with Crippen molar-refractivity contribution in [2.45, 2.75) is 6.04 Å². The zero-order chi connectivity index (χ0) is 14.8. The molecule has 1 N–H and O–H groups in total. The lowest BCUT2D eigenvalue weighted by atomic mass is 9.99. The Labute approximate surface area is 137 Å². The molecule has 0 aliphatic carbocycles. The van der Waals surface area contributed by atoms with E-state index in [0.29, 0.717) is 5.02 Å². The fourth-order valence-corrected chi connectivity index (χ4v) is 2.98. The van der Waals surface area contributed by atoms with Gasteiger partial charge in [-0.05, 0) is 58.4 Å². The van der Waals surface area contributed by atoms with Crippen molar-refractivity contribution >= 4 is 38.4 Å². The summed E-state index contributed by atoms with van der Waals surface area (Å²) in [5.74, 6) is 0. The maximum atomic E-state index is 6.07. The maximum absolute atomic E-state index is 6.07. The fourth-order valence-electron chi connectivity index (χ4n) is 2.46. The van der Waals surface area contributed by atoms with E-state index in [-0.39, 0.29) is 6.04 Å². The molecule has 4 heteroatoms. The lowest BCUT2D eigenvalue weighted by molar-refractivity contribution is 0.690. The van der Waals surface area contributed by atoms with Gasteiger partial charge in [0.15, 0.2) is 0 Å². The molecule has 2 aromatic carbocycles. The number of benzene rings is 2. The first kappa shape index (κ1) is 14.5. The molecule has 106 valence electrons. The van der Waals surface area contributed by atoms with Crippen LogP contribution in [0.2, 0.25) is 5.02 Å². The number of aromatic nitrogens is 1. The van der Waals surface area contributed by atoms with Crippen LogP contribution in [0.15, 0.2) is 59.2 Å². The number of nitrogens with one attached hydrogen (secondary N) is 1. The molecule has 3 rings (SSSR count). The summed E-state index contributed by atoms with van der Waals surface area (Å²) in [7, 11) is 1.95. The summed E-state index contributed by atoms with van der Waals surface area (Å²) in [4.78, 5) is 4.54. The van der Waals surface area contributed by atoms with Crippen LogP contribution in [0.3, 0.4) is 0 Å². The molecule has 0 amide bonds. The van der Waals surface area contributed by atoms with Crippen LogP contribution >= 0.6 is 27.5 Å². The monoisotopic (exact) mass is 360 g/mol. The van der Waals surface area contributed by atoms with Gasteiger partial charge >= 0.3 is 0 Å². The average Bonchev–Trinajstić information content (AvgIpc) is 2.51. The summed E-state index contributed by atoms with van der Waals surface area (Å²) < 4.78 is 0.899. The molecule has 2 nitrogen and oxygen atoms in total. The van der Waals surface area contributed by atoms with Gasteiger partial charge in [-0.25, -0.2) is 0 Å². The van der Waals surface area contributed by atoms with Crippen LogP contribution in [0.5, 0.6) is 0 Å². The zero-order valence-corrected chi connectivity index (χ0v) is 13.8. The van der Waals surface area contributed by atoms with E-state index < -0.39 is 0 Å². The van der Waals surface area contributed by atoms with Crippen molar-refractivity contribution in [3.8, 4) is 0 Å². The highest BCUT2D eigenvalue weighted by Crippen LogP contribution is 2.29. The molecule has 0 saturated heterocycles. The lowest BCUT2D eigenvalue weighted by Crippen LogP contribution is -2.17. The number of nitrogens with zero attached hydrogens (tertiary/aromatic N) is 1. The number of fused-ring (bicyclic) bond motifs is 1. The third-order valence-electron chi connectivity index (χ3n) is 3.51. The number of hydrogen-bond donors (Lipinski definition) is 1. The van der Waals surface area contributed by atoms with Crippen molar-refractivity contribution in [2.24, 2.45) is 0 Å². The summed E-state index contributed by atoms with van der Waals surface area (Å²) in [5, 5.41) is 5.20. The normalized spacial score (nSPS) is 12.5. The summed E-state index contributed by atoms with van der Waals surface area (Å²) in [6, 6.07) is 16.4. The SMILES string of the molecule is CNC(c1ccc(Cl)c(Br)c1)c1cnc2ccccc2c1. The van der Waals surface area contributed by atoms with Gasteiger partial charge in [0.25, 0.3) is 0 Å². The molecular weight excluding hydrogens is 348 g/mol. The number of para-hydroxylation sites is 1. The van der Waals surface area contributed by atoms with Gasteiger partial charge in [-0.1, -0.05) is 35.9 Å². The third-order valence-corrected chi connectivity index (χ3v) is 4.72. The zero-order valence-electron chi connectivity index (χ0n) is 11.5. The molecule has 0 saturated carbocycles. The Bertz CT molecular complexity index is 789. The van der Waals surface area contributed by atoms with E-state index in [1.807, 2.05) is 49.6 Å². The maximum Gasteiger partial charge on any atom is 0.0702 e. The Morgan fingerprint density at radius 2 is 1.90 bits per heavy atom. The Kier molecular flexibility index (Phi) is 4.24. The molecule has 1 unspecified atom stereocenters. The number of pyridine rings is 1. The highest BCUT2D eigenvalue weighted by atomic mass is 79.9. The van der Waals surface area contributed by atoms with Crippen LogP contribution in [0.4, 0.5) is 0 Å². The van der Waals surface area contributed by atoms with E-state index in [2.05, 4.69) is 38.4 Å². The third kappa shape index (κ3) is 2.95. The first-order chi connectivity index (χ1) is 10.2. The molecule has 0 fully saturated rings. The van der Waals surface area contributed by atoms with Gasteiger partial charge in [0.2, 0.25) is 0 Å². The number of halogens is 2. The Morgan fingerprint density at radius 3 is 2.67 bits per heavy atom. The fraction of sp³-hybridized carbons (Fsp3) is 0.118. The Hall–Kier alpha value is -1.42. The predicted octanol–water partition coefficient (Wildman–Crippen LogP) is 4.96. The minimum atomic E-state index is 0.0793. The molecule has 0 bridgehead atoms. The second-order valence-electron chi connectivity index (χ2n) is 4.86. The van der Waals surface area contributed by atoms with E-state index in [4.69, 9.17) is 11.6 Å². The average molecular weight is 362 g/mol. The van der Waals surface area contributed by atoms with E-state index in [1.54, 1.807) is 0 Å². The number of rotatable bonds is 3. The molecule has 0 spiro atoms. The molecule has 0 aliphatic rings. The highest BCUT2D eigenvalue weighted by Gasteiger charge is 2.14. The smallest absolute Gasteiger partial charge is 0.0702 e. The van der Waals surface area contributed by atoms with Gasteiger partial charge in [-0.3, -0.25) is 4.98 Å². The van der Waals surface area contributed by atoms with E-state index in [1.165, 1.54) is 0 Å². The van der Waals surface area contributed by atoms with Crippen molar-refractivity contribution < 1.29 is 0 Å². The first-order valence-corrected chi connectivity index (χ1v) is 7.83. The standard InChI is InChI=1S/C17H14BrClN2/c1-20-17(12-6-7-15(19)14(18)9-12)13-8-11-4-2-3-5-16(11)21-10-13/h2-10,17,20H,1H3. The quantitative estimate of drug-likeness (QED) is 0.713. The van der Waals surface area contributed by atoms with E-state index in [0.717, 1.165) is 26.5 Å². The minimum absolute atomic E-state index is 0.0793. The van der Waals surface area contributed by atoms with Gasteiger partial charge in [0.05, 0.1) is 16.6 Å². The molecule has 0 aliphatic heterocycles. The van der Waals surface area contributed by atoms with Crippen LogP contribution in [0, 0.1) is 0 Å². The Morgan fingerprint density at radius 1 is 1.10 bits per heavy atom. The van der Waals surface area contributed by atoms with E-state index in [9.17, 15) is 0 Å². The first-order valence-electron chi connectivity index (χ1n) is 6.66. The molecular formula is C17H14BrClN2. The van der Waals surface area contributed by atoms with Gasteiger partial charge in [0, 0.05) is 16.1 Å². The molecule has 1 atom stereocenters. The minimum Gasteiger partial charge on any atom is -0.309 e. The van der Waals surface area contributed by atoms with Gasteiger partial charge < -0.3 is 5.32 Å². The molecule has 0 radical (unpaired) electrons. The second-order valence-corrected chi connectivity index (χ2v) is 6.12. The molecule has 1 aromatic heterocycles. The summed E-state index contributed by atoms with van der Waals surface area (Å²) in [6.07, 6.45) is 1.92. The van der Waals surface area contributed by atoms with Crippen LogP contribution in [0.1, 0.15) is 17.2 Å². The van der Waals surface area contributed by atoms with Crippen molar-refractivity contribution in [3.05, 3.63) is 75.4 Å². The van der Waals surface area contributed by atoms with Crippen LogP contribution in [0.25, 0.3) is 10.9 Å². The van der Waals surface area contributed by atoms with Crippen molar-refractivity contribution in [2.75, 3.05) is 7.05 Å². The van der Waals surface area contributed by atoms with Gasteiger partial charge in [0.1, 0.15) is 0 Å². The lowest BCUT2D eigenvalue weighted by Gasteiger charge is -2.18. The van der Waals surface area contributed by atoms with Crippen molar-refractivity contribution in [1.29, 1.82) is 0 Å². The topological polar surface area (TPSA) is 24.9 Å². The Balaban J connectivity index is 2.06. The van der Waals surface area contributed by atoms with Crippen molar-refractivity contribution in [1.82, 2.24) is 10.3 Å². The molecule has 3 aromatic rings. The van der Waals surface area contributed by atoms with Crippen LogP contribution in [-0.4, -0.2) is 12.0 Å². The number of hydrogen-bond acceptors (Lipinski definition) is 2.